The van der Waals surface area contributed by atoms with E-state index in [-0.39, 0.29) is 6.10 Å². The molecule has 4 aromatic rings. The van der Waals surface area contributed by atoms with Gasteiger partial charge in [0.25, 0.3) is 0 Å². The Hall–Kier alpha value is -3.71. The highest BCUT2D eigenvalue weighted by atomic mass is 16.5. The minimum absolute atomic E-state index is 0.112. The largest absolute Gasteiger partial charge is 0.372 e. The zero-order valence-electron chi connectivity index (χ0n) is 18.1. The van der Waals surface area contributed by atoms with Gasteiger partial charge in [0.15, 0.2) is 0 Å². The molecule has 32 heavy (non-hydrogen) atoms. The van der Waals surface area contributed by atoms with E-state index < -0.39 is 5.91 Å². The van der Waals surface area contributed by atoms with E-state index in [4.69, 9.17) is 20.4 Å². The van der Waals surface area contributed by atoms with Crippen LogP contribution in [-0.2, 0) is 24.3 Å². The maximum Gasteiger partial charge on any atom is 0.249 e. The maximum atomic E-state index is 11.9. The second kappa shape index (κ2) is 8.09. The van der Waals surface area contributed by atoms with Crippen LogP contribution in [0.5, 0.6) is 0 Å². The number of benzene rings is 2. The number of fused-ring (bicyclic) bond motifs is 2. The Morgan fingerprint density at radius 2 is 2.00 bits per heavy atom. The van der Waals surface area contributed by atoms with Crippen LogP contribution in [0.15, 0.2) is 54.6 Å². The van der Waals surface area contributed by atoms with Crippen LogP contribution in [0.1, 0.15) is 39.8 Å². The average Bonchev–Trinajstić information content (AvgIpc) is 3.13. The van der Waals surface area contributed by atoms with Crippen LogP contribution in [0, 0.1) is 6.92 Å². The first-order chi connectivity index (χ1) is 15.5. The van der Waals surface area contributed by atoms with Crippen LogP contribution >= 0.6 is 0 Å². The summed E-state index contributed by atoms with van der Waals surface area (Å²) in [5, 5.41) is 4.31. The monoisotopic (exact) mass is 427 g/mol. The van der Waals surface area contributed by atoms with Crippen molar-refractivity contribution in [1.29, 1.82) is 0 Å². The second-order valence-corrected chi connectivity index (χ2v) is 8.19. The molecular weight excluding hydrogens is 402 g/mol. The summed E-state index contributed by atoms with van der Waals surface area (Å²) in [5.41, 5.74) is 11.0. The number of carbonyl (C=O) groups excluding carboxylic acids is 1. The quantitative estimate of drug-likeness (QED) is 0.504. The molecule has 0 radical (unpaired) electrons. The molecule has 7 heteroatoms. The zero-order chi connectivity index (χ0) is 22.2. The first kappa shape index (κ1) is 20.2. The summed E-state index contributed by atoms with van der Waals surface area (Å²) in [4.78, 5) is 21.7. The highest BCUT2D eigenvalue weighted by Gasteiger charge is 2.24. The number of rotatable bonds is 5. The number of hydrogen-bond acceptors (Lipinski definition) is 5. The zero-order valence-corrected chi connectivity index (χ0v) is 18.1. The Labute approximate surface area is 186 Å². The number of amides is 1. The van der Waals surface area contributed by atoms with Gasteiger partial charge in [-0.2, -0.15) is 4.98 Å². The minimum atomic E-state index is -0.452. The fourth-order valence-corrected chi connectivity index (χ4v) is 4.29. The summed E-state index contributed by atoms with van der Waals surface area (Å²) in [6.45, 7) is 5.14. The standard InChI is InChI=1S/C25H25N5O2/c1-15-11-19-18(23(26)31)9-6-10-22(19)30(15)25-28-21-14-32-16(2)12-20(21)24(29-25)27-13-17-7-4-3-5-8-17/h3-11,16H,12-14H2,1-2H3,(H2,26,31)(H,27,28,29). The number of aromatic nitrogens is 3. The number of ether oxygens (including phenoxy) is 1. The second-order valence-electron chi connectivity index (χ2n) is 8.19. The van der Waals surface area contributed by atoms with E-state index >= 15 is 0 Å². The van der Waals surface area contributed by atoms with E-state index in [0.29, 0.717) is 24.7 Å². The number of primary amides is 1. The predicted octanol–water partition coefficient (Wildman–Crippen LogP) is 3.90. The molecule has 0 aliphatic carbocycles. The molecule has 1 aliphatic heterocycles. The van der Waals surface area contributed by atoms with Gasteiger partial charge in [-0.05, 0) is 37.6 Å². The highest BCUT2D eigenvalue weighted by molar-refractivity contribution is 6.06. The van der Waals surface area contributed by atoms with Gasteiger partial charge in [-0.3, -0.25) is 9.36 Å². The SMILES string of the molecule is Cc1cc2c(C(N)=O)cccc2n1-c1nc2c(c(NCc3ccccc3)n1)CC(C)OC2. The summed E-state index contributed by atoms with van der Waals surface area (Å²) in [7, 11) is 0. The number of nitrogens with one attached hydrogen (secondary N) is 1. The van der Waals surface area contributed by atoms with Crippen LogP contribution in [0.2, 0.25) is 0 Å². The van der Waals surface area contributed by atoms with Gasteiger partial charge in [0.05, 0.1) is 23.9 Å². The van der Waals surface area contributed by atoms with Crippen LogP contribution in [-0.4, -0.2) is 26.5 Å². The van der Waals surface area contributed by atoms with Crippen molar-refractivity contribution in [1.82, 2.24) is 14.5 Å². The van der Waals surface area contributed by atoms with Crippen LogP contribution in [0.4, 0.5) is 5.82 Å². The first-order valence-electron chi connectivity index (χ1n) is 10.7. The van der Waals surface area contributed by atoms with Gasteiger partial charge >= 0.3 is 0 Å². The molecule has 2 aromatic carbocycles. The highest BCUT2D eigenvalue weighted by Crippen LogP contribution is 2.30. The molecule has 1 atom stereocenters. The third kappa shape index (κ3) is 3.61. The molecule has 162 valence electrons. The van der Waals surface area contributed by atoms with E-state index in [1.54, 1.807) is 6.07 Å². The van der Waals surface area contributed by atoms with E-state index in [1.165, 1.54) is 5.56 Å². The van der Waals surface area contributed by atoms with Gasteiger partial charge < -0.3 is 15.8 Å². The van der Waals surface area contributed by atoms with Gasteiger partial charge in [-0.1, -0.05) is 36.4 Å². The van der Waals surface area contributed by atoms with Gasteiger partial charge in [0.1, 0.15) is 5.82 Å². The Bertz CT molecular complexity index is 1310. The van der Waals surface area contributed by atoms with Gasteiger partial charge in [-0.25, -0.2) is 4.98 Å². The molecule has 1 amide bonds. The molecule has 0 spiro atoms. The molecule has 7 nitrogen and oxygen atoms in total. The summed E-state index contributed by atoms with van der Waals surface area (Å²) in [5.74, 6) is 0.912. The first-order valence-corrected chi connectivity index (χ1v) is 10.7. The van der Waals surface area contributed by atoms with Crippen molar-refractivity contribution in [2.75, 3.05) is 5.32 Å². The Morgan fingerprint density at radius 3 is 2.78 bits per heavy atom. The van der Waals surface area contributed by atoms with E-state index in [2.05, 4.69) is 24.4 Å². The number of hydrogen-bond donors (Lipinski definition) is 2. The lowest BCUT2D eigenvalue weighted by Gasteiger charge is -2.25. The average molecular weight is 428 g/mol. The third-order valence-corrected chi connectivity index (χ3v) is 5.88. The summed E-state index contributed by atoms with van der Waals surface area (Å²) in [6, 6.07) is 17.7. The van der Waals surface area contributed by atoms with Gasteiger partial charge in [0, 0.05) is 35.2 Å². The molecule has 3 heterocycles. The van der Waals surface area contributed by atoms with Crippen LogP contribution < -0.4 is 11.1 Å². The predicted molar refractivity (Wildman–Crippen MR) is 124 cm³/mol. The topological polar surface area (TPSA) is 95.1 Å². The molecular formula is C25H25N5O2. The fourth-order valence-electron chi connectivity index (χ4n) is 4.29. The van der Waals surface area contributed by atoms with Crippen LogP contribution in [0.25, 0.3) is 16.9 Å². The van der Waals surface area contributed by atoms with Crippen molar-refractivity contribution in [3.05, 3.63) is 82.7 Å². The number of nitrogens with zero attached hydrogens (tertiary/aromatic N) is 3. The third-order valence-electron chi connectivity index (χ3n) is 5.88. The fraction of sp³-hybridized carbons (Fsp3) is 0.240. The number of anilines is 1. The summed E-state index contributed by atoms with van der Waals surface area (Å²) in [6.07, 6.45) is 0.866. The Morgan fingerprint density at radius 1 is 1.19 bits per heavy atom. The molecule has 1 aliphatic rings. The van der Waals surface area contributed by atoms with Gasteiger partial charge in [0.2, 0.25) is 11.9 Å². The van der Waals surface area contributed by atoms with E-state index in [0.717, 1.165) is 40.1 Å². The molecule has 0 bridgehead atoms. The molecule has 1 unspecified atom stereocenters. The van der Waals surface area contributed by atoms with Crippen LogP contribution in [0.3, 0.4) is 0 Å². The molecule has 3 N–H and O–H groups in total. The van der Waals surface area contributed by atoms with Crippen molar-refractivity contribution in [3.8, 4) is 5.95 Å². The molecule has 0 saturated heterocycles. The van der Waals surface area contributed by atoms with Crippen molar-refractivity contribution in [3.63, 3.8) is 0 Å². The normalized spacial score (nSPS) is 15.5. The lowest BCUT2D eigenvalue weighted by atomic mass is 10.0. The Balaban J connectivity index is 1.63. The van der Waals surface area contributed by atoms with Crippen molar-refractivity contribution in [2.45, 2.75) is 39.5 Å². The van der Waals surface area contributed by atoms with E-state index in [1.807, 2.05) is 47.9 Å². The molecule has 0 saturated carbocycles. The van der Waals surface area contributed by atoms with Crippen molar-refractivity contribution < 1.29 is 9.53 Å². The number of carbonyl (C=O) groups is 1. The molecule has 2 aromatic heterocycles. The lowest BCUT2D eigenvalue weighted by molar-refractivity contribution is 0.0384. The van der Waals surface area contributed by atoms with Crippen molar-refractivity contribution in [2.24, 2.45) is 5.73 Å². The molecule has 5 rings (SSSR count). The smallest absolute Gasteiger partial charge is 0.249 e. The minimum Gasteiger partial charge on any atom is -0.372 e. The summed E-state index contributed by atoms with van der Waals surface area (Å²) < 4.78 is 7.84. The van der Waals surface area contributed by atoms with E-state index in [9.17, 15) is 4.79 Å². The summed E-state index contributed by atoms with van der Waals surface area (Å²) >= 11 is 0. The number of aryl methyl sites for hydroxylation is 1. The van der Waals surface area contributed by atoms with Gasteiger partial charge in [-0.15, -0.1) is 0 Å². The lowest BCUT2D eigenvalue weighted by Crippen LogP contribution is -2.24. The molecule has 0 fully saturated rings. The maximum absolute atomic E-state index is 11.9. The van der Waals surface area contributed by atoms with Crippen molar-refractivity contribution >= 4 is 22.6 Å². The Kier molecular flexibility index (Phi) is 5.11. The number of nitrogens with two attached hydrogens (primary N) is 1.